The van der Waals surface area contributed by atoms with E-state index < -0.39 is 18.4 Å². The van der Waals surface area contributed by atoms with Crippen molar-refractivity contribution in [1.29, 1.82) is 0 Å². The zero-order valence-corrected chi connectivity index (χ0v) is 12.9. The second-order valence-electron chi connectivity index (χ2n) is 5.15. The van der Waals surface area contributed by atoms with E-state index >= 15 is 0 Å². The van der Waals surface area contributed by atoms with Crippen LogP contribution in [-0.2, 0) is 16.0 Å². The standard InChI is InChI=1S/C17H14O5S/c18-11-5-6-12(13(19)8-11)14(20)9-22-17(21)16-7-10-3-1-2-4-15(10)23-16/h1-6,8,16,18-19H,7,9H2/t16-/m1/s1. The van der Waals surface area contributed by atoms with Gasteiger partial charge in [0.2, 0.25) is 5.78 Å². The molecular weight excluding hydrogens is 316 g/mol. The Hall–Kier alpha value is -2.47. The second kappa shape index (κ2) is 6.34. The number of benzene rings is 2. The van der Waals surface area contributed by atoms with E-state index in [1.165, 1.54) is 23.9 Å². The monoisotopic (exact) mass is 330 g/mol. The first-order valence-corrected chi connectivity index (χ1v) is 7.89. The molecule has 6 heteroatoms. The van der Waals surface area contributed by atoms with Crippen molar-refractivity contribution < 1.29 is 24.5 Å². The third-order valence-electron chi connectivity index (χ3n) is 3.54. The molecule has 0 saturated heterocycles. The number of carbonyl (C=O) groups excluding carboxylic acids is 2. The van der Waals surface area contributed by atoms with Crippen LogP contribution in [0.4, 0.5) is 0 Å². The smallest absolute Gasteiger partial charge is 0.320 e. The number of hydrogen-bond acceptors (Lipinski definition) is 6. The summed E-state index contributed by atoms with van der Waals surface area (Å²) in [6.45, 7) is -0.440. The molecule has 1 aliphatic rings. The molecule has 3 rings (SSSR count). The number of hydrogen-bond donors (Lipinski definition) is 2. The Labute approximate surface area is 136 Å². The van der Waals surface area contributed by atoms with E-state index in [0.717, 1.165) is 16.5 Å². The van der Waals surface area contributed by atoms with E-state index in [0.29, 0.717) is 6.42 Å². The first-order chi connectivity index (χ1) is 11.0. The van der Waals surface area contributed by atoms with Crippen LogP contribution in [0.2, 0.25) is 0 Å². The Morgan fingerprint density at radius 3 is 2.70 bits per heavy atom. The number of phenols is 2. The van der Waals surface area contributed by atoms with Crippen LogP contribution in [0, 0.1) is 0 Å². The molecule has 0 unspecified atom stereocenters. The Morgan fingerprint density at radius 1 is 1.17 bits per heavy atom. The Balaban J connectivity index is 1.58. The Bertz CT molecular complexity index is 746. The predicted octanol–water partition coefficient (Wildman–Crippen LogP) is 2.54. The number of ether oxygens (including phenoxy) is 1. The molecule has 2 N–H and O–H groups in total. The summed E-state index contributed by atoms with van der Waals surface area (Å²) in [5.74, 6) is -1.45. The maximum absolute atomic E-state index is 12.1. The summed E-state index contributed by atoms with van der Waals surface area (Å²) in [5.41, 5.74) is 1.11. The van der Waals surface area contributed by atoms with Gasteiger partial charge in [-0.05, 0) is 30.2 Å². The SMILES string of the molecule is O=C(COC(=O)[C@H]1Cc2ccccc2S1)c1ccc(O)cc1O. The van der Waals surface area contributed by atoms with Gasteiger partial charge in [0.05, 0.1) is 5.56 Å². The highest BCUT2D eigenvalue weighted by molar-refractivity contribution is 8.01. The summed E-state index contributed by atoms with van der Waals surface area (Å²) in [6.07, 6.45) is 0.582. The van der Waals surface area contributed by atoms with Crippen molar-refractivity contribution in [2.75, 3.05) is 6.61 Å². The van der Waals surface area contributed by atoms with E-state index in [1.807, 2.05) is 24.3 Å². The first kappa shape index (κ1) is 15.4. The number of thioether (sulfide) groups is 1. The fourth-order valence-electron chi connectivity index (χ4n) is 2.38. The molecule has 1 atom stereocenters. The number of carbonyl (C=O) groups is 2. The molecule has 0 spiro atoms. The summed E-state index contributed by atoms with van der Waals surface area (Å²) in [7, 11) is 0. The second-order valence-corrected chi connectivity index (χ2v) is 6.40. The highest BCUT2D eigenvalue weighted by Crippen LogP contribution is 2.37. The van der Waals surface area contributed by atoms with E-state index in [1.54, 1.807) is 0 Å². The molecule has 5 nitrogen and oxygen atoms in total. The predicted molar refractivity (Wildman–Crippen MR) is 84.9 cm³/mol. The number of aromatic hydroxyl groups is 2. The third kappa shape index (κ3) is 3.32. The molecule has 2 aromatic carbocycles. The minimum atomic E-state index is -0.517. The van der Waals surface area contributed by atoms with Crippen LogP contribution in [-0.4, -0.2) is 33.8 Å². The van der Waals surface area contributed by atoms with Gasteiger partial charge in [0.15, 0.2) is 6.61 Å². The average Bonchev–Trinajstić information content (AvgIpc) is 2.96. The lowest BCUT2D eigenvalue weighted by Gasteiger charge is -2.09. The molecule has 118 valence electrons. The van der Waals surface area contributed by atoms with E-state index in [2.05, 4.69) is 0 Å². The quantitative estimate of drug-likeness (QED) is 0.662. The number of esters is 1. The highest BCUT2D eigenvalue weighted by atomic mass is 32.2. The zero-order valence-electron chi connectivity index (χ0n) is 12.1. The molecule has 0 fully saturated rings. The lowest BCUT2D eigenvalue weighted by atomic mass is 10.1. The first-order valence-electron chi connectivity index (χ1n) is 7.01. The van der Waals surface area contributed by atoms with Crippen molar-refractivity contribution in [2.45, 2.75) is 16.6 Å². The molecule has 0 aromatic heterocycles. The van der Waals surface area contributed by atoms with Gasteiger partial charge in [-0.2, -0.15) is 0 Å². The number of ketones is 1. The molecule has 1 heterocycles. The van der Waals surface area contributed by atoms with Gasteiger partial charge in [-0.1, -0.05) is 18.2 Å². The fraction of sp³-hybridized carbons (Fsp3) is 0.176. The van der Waals surface area contributed by atoms with Crippen LogP contribution < -0.4 is 0 Å². The normalized spacial score (nSPS) is 15.9. The van der Waals surface area contributed by atoms with Crippen LogP contribution in [0.15, 0.2) is 47.4 Å². The molecule has 0 radical (unpaired) electrons. The number of rotatable bonds is 4. The summed E-state index contributed by atoms with van der Waals surface area (Å²) in [6, 6.07) is 11.4. The summed E-state index contributed by atoms with van der Waals surface area (Å²) in [5, 5.41) is 18.5. The van der Waals surface area contributed by atoms with Gasteiger partial charge in [0.1, 0.15) is 16.7 Å². The summed E-state index contributed by atoms with van der Waals surface area (Å²) < 4.78 is 5.08. The van der Waals surface area contributed by atoms with Crippen LogP contribution in [0.5, 0.6) is 11.5 Å². The minimum absolute atomic E-state index is 0.0120. The van der Waals surface area contributed by atoms with E-state index in [-0.39, 0.29) is 22.3 Å². The van der Waals surface area contributed by atoms with Crippen molar-refractivity contribution in [2.24, 2.45) is 0 Å². The fourth-order valence-corrected chi connectivity index (χ4v) is 3.57. The Morgan fingerprint density at radius 2 is 1.96 bits per heavy atom. The van der Waals surface area contributed by atoms with Gasteiger partial charge < -0.3 is 14.9 Å². The maximum Gasteiger partial charge on any atom is 0.320 e. The molecule has 2 aromatic rings. The van der Waals surface area contributed by atoms with Crippen molar-refractivity contribution in [3.63, 3.8) is 0 Å². The topological polar surface area (TPSA) is 83.8 Å². The molecule has 0 saturated carbocycles. The minimum Gasteiger partial charge on any atom is -0.508 e. The largest absolute Gasteiger partial charge is 0.508 e. The molecular formula is C17H14O5S. The number of phenolic OH excluding ortho intramolecular Hbond substituents is 2. The molecule has 0 aliphatic carbocycles. The molecule has 23 heavy (non-hydrogen) atoms. The van der Waals surface area contributed by atoms with Gasteiger partial charge >= 0.3 is 5.97 Å². The molecule has 0 amide bonds. The van der Waals surface area contributed by atoms with Crippen LogP contribution in [0.3, 0.4) is 0 Å². The van der Waals surface area contributed by atoms with Crippen LogP contribution in [0.1, 0.15) is 15.9 Å². The van der Waals surface area contributed by atoms with E-state index in [9.17, 15) is 19.8 Å². The van der Waals surface area contributed by atoms with Gasteiger partial charge in [0, 0.05) is 11.0 Å². The van der Waals surface area contributed by atoms with Crippen LogP contribution in [0.25, 0.3) is 0 Å². The lowest BCUT2D eigenvalue weighted by Crippen LogP contribution is -2.23. The molecule has 0 bridgehead atoms. The maximum atomic E-state index is 12.1. The van der Waals surface area contributed by atoms with Gasteiger partial charge in [0.25, 0.3) is 0 Å². The van der Waals surface area contributed by atoms with Crippen molar-refractivity contribution in [3.05, 3.63) is 53.6 Å². The van der Waals surface area contributed by atoms with Crippen molar-refractivity contribution in [1.82, 2.24) is 0 Å². The third-order valence-corrected chi connectivity index (χ3v) is 4.83. The zero-order chi connectivity index (χ0) is 16.4. The number of Topliss-reactive ketones (excluding diaryl/α,β-unsaturated/α-hetero) is 1. The van der Waals surface area contributed by atoms with Crippen molar-refractivity contribution >= 4 is 23.5 Å². The lowest BCUT2D eigenvalue weighted by molar-refractivity contribution is -0.141. The van der Waals surface area contributed by atoms with E-state index in [4.69, 9.17) is 4.74 Å². The number of fused-ring (bicyclic) bond motifs is 1. The molecule has 1 aliphatic heterocycles. The van der Waals surface area contributed by atoms with Crippen LogP contribution >= 0.6 is 11.8 Å². The average molecular weight is 330 g/mol. The van der Waals surface area contributed by atoms with Gasteiger partial charge in [-0.3, -0.25) is 9.59 Å². The summed E-state index contributed by atoms with van der Waals surface area (Å²) in [4.78, 5) is 25.1. The Kier molecular flexibility index (Phi) is 4.25. The van der Waals surface area contributed by atoms with Crippen molar-refractivity contribution in [3.8, 4) is 11.5 Å². The van der Waals surface area contributed by atoms with Gasteiger partial charge in [-0.15, -0.1) is 11.8 Å². The van der Waals surface area contributed by atoms with Gasteiger partial charge in [-0.25, -0.2) is 0 Å². The summed E-state index contributed by atoms with van der Waals surface area (Å²) >= 11 is 1.43. The highest BCUT2D eigenvalue weighted by Gasteiger charge is 2.29.